The van der Waals surface area contributed by atoms with Gasteiger partial charge in [-0.1, -0.05) is 17.7 Å². The molecule has 1 unspecified atom stereocenters. The molecular weight excluding hydrogens is 284 g/mol. The highest BCUT2D eigenvalue weighted by atomic mass is 35.5. The summed E-state index contributed by atoms with van der Waals surface area (Å²) < 4.78 is 1.96. The molecule has 2 heterocycles. The summed E-state index contributed by atoms with van der Waals surface area (Å²) in [6.45, 7) is 3.36. The number of nitrogens with one attached hydrogen (secondary N) is 1. The lowest BCUT2D eigenvalue weighted by Gasteiger charge is -2.30. The first-order chi connectivity index (χ1) is 10.2. The van der Waals surface area contributed by atoms with E-state index < -0.39 is 0 Å². The Balaban J connectivity index is 1.75. The summed E-state index contributed by atoms with van der Waals surface area (Å²) in [7, 11) is 2.20. The van der Waals surface area contributed by atoms with E-state index in [1.165, 1.54) is 19.4 Å². The first-order valence-corrected chi connectivity index (χ1v) is 7.81. The van der Waals surface area contributed by atoms with Crippen LogP contribution in [0.25, 0.3) is 5.69 Å². The van der Waals surface area contributed by atoms with Crippen molar-refractivity contribution >= 4 is 17.3 Å². The molecule has 4 nitrogen and oxygen atoms in total. The normalized spacial score (nSPS) is 19.6. The predicted molar refractivity (Wildman–Crippen MR) is 87.3 cm³/mol. The van der Waals surface area contributed by atoms with E-state index in [1.54, 1.807) is 12.5 Å². The highest BCUT2D eigenvalue weighted by Gasteiger charge is 2.17. The Morgan fingerprint density at radius 3 is 3.10 bits per heavy atom. The maximum absolute atomic E-state index is 6.37. The van der Waals surface area contributed by atoms with Crippen molar-refractivity contribution in [3.05, 3.63) is 41.9 Å². The third-order valence-electron chi connectivity index (χ3n) is 4.05. The largest absolute Gasteiger partial charge is 0.383 e. The highest BCUT2D eigenvalue weighted by Crippen LogP contribution is 2.29. The minimum absolute atomic E-state index is 0.693. The zero-order chi connectivity index (χ0) is 14.7. The molecule has 0 radical (unpaired) electrons. The van der Waals surface area contributed by atoms with Crippen LogP contribution in [0.3, 0.4) is 0 Å². The second-order valence-corrected chi connectivity index (χ2v) is 6.16. The van der Waals surface area contributed by atoms with Gasteiger partial charge in [-0.15, -0.1) is 0 Å². The molecule has 1 aliphatic heterocycles. The van der Waals surface area contributed by atoms with Crippen LogP contribution in [0.5, 0.6) is 0 Å². The van der Waals surface area contributed by atoms with Crippen molar-refractivity contribution in [2.24, 2.45) is 5.92 Å². The molecule has 3 rings (SSSR count). The van der Waals surface area contributed by atoms with Crippen molar-refractivity contribution in [3.8, 4) is 5.69 Å². The molecule has 1 saturated heterocycles. The second kappa shape index (κ2) is 6.50. The summed E-state index contributed by atoms with van der Waals surface area (Å²) in [6, 6.07) is 5.97. The van der Waals surface area contributed by atoms with Crippen LogP contribution in [0.1, 0.15) is 12.8 Å². The lowest BCUT2D eigenvalue weighted by Crippen LogP contribution is -2.35. The van der Waals surface area contributed by atoms with E-state index in [4.69, 9.17) is 11.6 Å². The van der Waals surface area contributed by atoms with E-state index in [-0.39, 0.29) is 0 Å². The van der Waals surface area contributed by atoms with Gasteiger partial charge in [0.25, 0.3) is 0 Å². The van der Waals surface area contributed by atoms with Crippen LogP contribution in [0.4, 0.5) is 5.69 Å². The number of nitrogens with zero attached hydrogens (tertiary/aromatic N) is 3. The molecule has 1 fully saturated rings. The minimum Gasteiger partial charge on any atom is -0.383 e. The lowest BCUT2D eigenvalue weighted by molar-refractivity contribution is 0.217. The van der Waals surface area contributed by atoms with Gasteiger partial charge < -0.3 is 14.8 Å². The third kappa shape index (κ3) is 3.39. The Kier molecular flexibility index (Phi) is 4.46. The number of imidazole rings is 1. The van der Waals surface area contributed by atoms with E-state index in [2.05, 4.69) is 28.3 Å². The predicted octanol–water partition coefficient (Wildman–Crippen LogP) is 3.28. The Bertz CT molecular complexity index is 582. The van der Waals surface area contributed by atoms with Gasteiger partial charge in [-0.25, -0.2) is 4.98 Å². The molecular formula is C16H21ClN4. The Morgan fingerprint density at radius 1 is 1.43 bits per heavy atom. The third-order valence-corrected chi connectivity index (χ3v) is 4.36. The highest BCUT2D eigenvalue weighted by molar-refractivity contribution is 6.33. The Morgan fingerprint density at radius 2 is 2.33 bits per heavy atom. The van der Waals surface area contributed by atoms with Crippen LogP contribution in [0.2, 0.25) is 5.02 Å². The van der Waals surface area contributed by atoms with Gasteiger partial charge in [0.1, 0.15) is 0 Å². The number of hydrogen-bond donors (Lipinski definition) is 1. The fourth-order valence-electron chi connectivity index (χ4n) is 3.01. The van der Waals surface area contributed by atoms with Crippen molar-refractivity contribution in [3.63, 3.8) is 0 Å². The van der Waals surface area contributed by atoms with E-state index >= 15 is 0 Å². The van der Waals surface area contributed by atoms with Crippen molar-refractivity contribution in [1.29, 1.82) is 0 Å². The van der Waals surface area contributed by atoms with Gasteiger partial charge in [0.2, 0.25) is 0 Å². The van der Waals surface area contributed by atoms with E-state index in [0.717, 1.165) is 29.5 Å². The molecule has 1 aromatic heterocycles. The number of hydrogen-bond acceptors (Lipinski definition) is 3. The number of likely N-dealkylation sites (tertiary alicyclic amines) is 1. The van der Waals surface area contributed by atoms with Crippen LogP contribution >= 0.6 is 11.6 Å². The Labute approximate surface area is 130 Å². The molecule has 1 aromatic carbocycles. The topological polar surface area (TPSA) is 33.1 Å². The number of piperidine rings is 1. The summed E-state index contributed by atoms with van der Waals surface area (Å²) in [6.07, 6.45) is 8.04. The summed E-state index contributed by atoms with van der Waals surface area (Å²) >= 11 is 6.37. The van der Waals surface area contributed by atoms with Crippen molar-refractivity contribution in [1.82, 2.24) is 14.5 Å². The van der Waals surface area contributed by atoms with Crippen LogP contribution < -0.4 is 5.32 Å². The van der Waals surface area contributed by atoms with Gasteiger partial charge in [0.05, 0.1) is 22.7 Å². The molecule has 1 atom stereocenters. The van der Waals surface area contributed by atoms with E-state index in [1.807, 2.05) is 22.9 Å². The quantitative estimate of drug-likeness (QED) is 0.941. The molecule has 0 spiro atoms. The lowest BCUT2D eigenvalue weighted by atomic mass is 9.98. The number of benzene rings is 1. The van der Waals surface area contributed by atoms with E-state index in [9.17, 15) is 0 Å². The average molecular weight is 305 g/mol. The maximum Gasteiger partial charge on any atom is 0.0992 e. The molecule has 0 amide bonds. The summed E-state index contributed by atoms with van der Waals surface area (Å²) in [4.78, 5) is 6.52. The maximum atomic E-state index is 6.37. The molecule has 1 aliphatic rings. The summed E-state index contributed by atoms with van der Waals surface area (Å²) in [5.41, 5.74) is 2.04. The van der Waals surface area contributed by atoms with Crippen molar-refractivity contribution in [2.75, 3.05) is 32.0 Å². The second-order valence-electron chi connectivity index (χ2n) is 5.76. The molecule has 1 N–H and O–H groups in total. The van der Waals surface area contributed by atoms with Gasteiger partial charge in [0, 0.05) is 25.5 Å². The van der Waals surface area contributed by atoms with Crippen LogP contribution in [0.15, 0.2) is 36.9 Å². The Hall–Kier alpha value is -1.52. The first kappa shape index (κ1) is 14.4. The summed E-state index contributed by atoms with van der Waals surface area (Å²) in [5, 5.41) is 4.31. The zero-order valence-electron chi connectivity index (χ0n) is 12.3. The van der Waals surface area contributed by atoms with Crippen molar-refractivity contribution in [2.45, 2.75) is 12.8 Å². The van der Waals surface area contributed by atoms with Gasteiger partial charge in [-0.05, 0) is 44.5 Å². The standard InChI is InChI=1S/C16H21ClN4/c1-20-8-3-4-13(11-20)10-19-15-6-2-5-14(17)16(15)21-9-7-18-12-21/h2,5-7,9,12-13,19H,3-4,8,10-11H2,1H3. The molecule has 21 heavy (non-hydrogen) atoms. The molecule has 0 saturated carbocycles. The fourth-order valence-corrected chi connectivity index (χ4v) is 3.28. The monoisotopic (exact) mass is 304 g/mol. The average Bonchev–Trinajstić information content (AvgIpc) is 2.99. The van der Waals surface area contributed by atoms with Crippen LogP contribution in [-0.2, 0) is 0 Å². The van der Waals surface area contributed by atoms with Crippen LogP contribution in [-0.4, -0.2) is 41.1 Å². The van der Waals surface area contributed by atoms with Gasteiger partial charge >= 0.3 is 0 Å². The molecule has 5 heteroatoms. The minimum atomic E-state index is 0.693. The van der Waals surface area contributed by atoms with Gasteiger partial charge in [-0.3, -0.25) is 0 Å². The van der Waals surface area contributed by atoms with Gasteiger partial charge in [-0.2, -0.15) is 0 Å². The number of halogens is 1. The molecule has 0 bridgehead atoms. The first-order valence-electron chi connectivity index (χ1n) is 7.43. The van der Waals surface area contributed by atoms with Gasteiger partial charge in [0.15, 0.2) is 0 Å². The smallest absolute Gasteiger partial charge is 0.0992 e. The summed E-state index contributed by atoms with van der Waals surface area (Å²) in [5.74, 6) is 0.693. The number of anilines is 1. The molecule has 0 aliphatic carbocycles. The number of rotatable bonds is 4. The van der Waals surface area contributed by atoms with Crippen LogP contribution in [0, 0.1) is 5.92 Å². The van der Waals surface area contributed by atoms with E-state index in [0.29, 0.717) is 5.92 Å². The SMILES string of the molecule is CN1CCCC(CNc2cccc(Cl)c2-n2ccnc2)C1. The number of para-hydroxylation sites is 1. The zero-order valence-corrected chi connectivity index (χ0v) is 13.1. The fraction of sp³-hybridized carbons (Fsp3) is 0.438. The van der Waals surface area contributed by atoms with Crippen molar-refractivity contribution < 1.29 is 0 Å². The molecule has 112 valence electrons. The number of aromatic nitrogens is 2. The molecule has 2 aromatic rings.